The number of hydrogen-bond donors (Lipinski definition) is 1. The van der Waals surface area contributed by atoms with Crippen molar-refractivity contribution in [1.82, 2.24) is 35.0 Å². The number of nitrogens with one attached hydrogen (secondary N) is 1. The van der Waals surface area contributed by atoms with Crippen molar-refractivity contribution in [2.24, 2.45) is 0 Å². The van der Waals surface area contributed by atoms with Crippen LogP contribution in [0.1, 0.15) is 31.7 Å². The van der Waals surface area contributed by atoms with Gasteiger partial charge in [0.25, 0.3) is 0 Å². The van der Waals surface area contributed by atoms with Crippen molar-refractivity contribution in [3.63, 3.8) is 0 Å². The van der Waals surface area contributed by atoms with Crippen molar-refractivity contribution in [2.75, 3.05) is 0 Å². The summed E-state index contributed by atoms with van der Waals surface area (Å²) in [5.74, 6) is 1.23. The van der Waals surface area contributed by atoms with Crippen LogP contribution in [0.4, 0.5) is 0 Å². The summed E-state index contributed by atoms with van der Waals surface area (Å²) in [7, 11) is 0. The van der Waals surface area contributed by atoms with Crippen LogP contribution >= 0.6 is 0 Å². The molecule has 0 radical (unpaired) electrons. The minimum Gasteiger partial charge on any atom is -0.271 e. The van der Waals surface area contributed by atoms with Crippen LogP contribution in [0.3, 0.4) is 0 Å². The molecule has 1 N–H and O–H groups in total. The van der Waals surface area contributed by atoms with Crippen molar-refractivity contribution >= 4 is 6.08 Å². The zero-order valence-corrected chi connectivity index (χ0v) is 18.1. The summed E-state index contributed by atoms with van der Waals surface area (Å²) in [6.45, 7) is 4.91. The predicted molar refractivity (Wildman–Crippen MR) is 125 cm³/mol. The van der Waals surface area contributed by atoms with Crippen LogP contribution in [0.2, 0.25) is 0 Å². The molecule has 0 saturated carbocycles. The lowest BCUT2D eigenvalue weighted by Crippen LogP contribution is -2.25. The van der Waals surface area contributed by atoms with E-state index in [1.54, 1.807) is 4.57 Å². The molecule has 2 heterocycles. The largest absolute Gasteiger partial charge is 0.346 e. The molecule has 0 atom stereocenters. The van der Waals surface area contributed by atoms with E-state index in [4.69, 9.17) is 0 Å². The van der Waals surface area contributed by atoms with Crippen molar-refractivity contribution in [1.29, 1.82) is 0 Å². The second kappa shape index (κ2) is 9.82. The molecule has 0 aliphatic rings. The molecule has 8 nitrogen and oxygen atoms in total. The molecule has 4 aromatic rings. The van der Waals surface area contributed by atoms with Gasteiger partial charge in [-0.3, -0.25) is 4.57 Å². The fourth-order valence-electron chi connectivity index (χ4n) is 3.38. The zero-order chi connectivity index (χ0) is 22.3. The summed E-state index contributed by atoms with van der Waals surface area (Å²) in [5.41, 5.74) is 3.94. The second-order valence-electron chi connectivity index (χ2n) is 7.30. The lowest BCUT2D eigenvalue weighted by atomic mass is 10.0. The van der Waals surface area contributed by atoms with Crippen LogP contribution in [0.25, 0.3) is 28.6 Å². The van der Waals surface area contributed by atoms with Gasteiger partial charge in [0.15, 0.2) is 5.82 Å². The summed E-state index contributed by atoms with van der Waals surface area (Å²) in [5, 5.41) is 18.7. The fourth-order valence-corrected chi connectivity index (χ4v) is 3.38. The van der Waals surface area contributed by atoms with Gasteiger partial charge >= 0.3 is 5.69 Å². The number of nitrogens with zero attached hydrogens (tertiary/aromatic N) is 6. The van der Waals surface area contributed by atoms with Crippen LogP contribution in [-0.2, 0) is 13.1 Å². The zero-order valence-electron chi connectivity index (χ0n) is 18.1. The minimum absolute atomic E-state index is 0.115. The highest BCUT2D eigenvalue weighted by molar-refractivity contribution is 5.70. The molecular weight excluding hydrogens is 402 g/mol. The van der Waals surface area contributed by atoms with Gasteiger partial charge in [-0.2, -0.15) is 5.21 Å². The topological polar surface area (TPSA) is 94.3 Å². The third-order valence-corrected chi connectivity index (χ3v) is 5.06. The molecule has 0 amide bonds. The van der Waals surface area contributed by atoms with Crippen LogP contribution < -0.4 is 5.69 Å². The molecule has 0 spiro atoms. The number of hydrogen-bond acceptors (Lipinski definition) is 5. The first-order chi connectivity index (χ1) is 15.7. The summed E-state index contributed by atoms with van der Waals surface area (Å²) in [4.78, 5) is 12.9. The maximum Gasteiger partial charge on any atom is 0.346 e. The molecular formula is C24H25N7O. The number of aromatic nitrogens is 7. The minimum atomic E-state index is -0.115. The van der Waals surface area contributed by atoms with Crippen molar-refractivity contribution in [2.45, 2.75) is 33.4 Å². The van der Waals surface area contributed by atoms with Gasteiger partial charge in [0.1, 0.15) is 0 Å². The maximum atomic E-state index is 12.9. The van der Waals surface area contributed by atoms with E-state index in [2.05, 4.69) is 44.8 Å². The Labute approximate surface area is 185 Å². The summed E-state index contributed by atoms with van der Waals surface area (Å²) in [6, 6.07) is 16.2. The smallest absolute Gasteiger partial charge is 0.271 e. The average molecular weight is 428 g/mol. The standard InChI is InChI=1S/C24H25N7O/c1-3-5-10-22-27-31(15-6-4-2)24(32)30(22)17-18-11-13-19(14-12-18)20-8-7-9-21(16-20)23-25-28-29-26-23/h4-14,16H,3,15,17H2,1-2H3,(H,25,26,28,29). The highest BCUT2D eigenvalue weighted by atomic mass is 16.2. The van der Waals surface area contributed by atoms with Gasteiger partial charge in [-0.05, 0) is 47.4 Å². The number of aromatic amines is 1. The molecule has 0 saturated heterocycles. The molecule has 0 unspecified atom stereocenters. The van der Waals surface area contributed by atoms with Crippen LogP contribution in [0.5, 0.6) is 0 Å². The first kappa shape index (κ1) is 21.2. The Morgan fingerprint density at radius 3 is 2.56 bits per heavy atom. The third kappa shape index (κ3) is 4.64. The Kier molecular flexibility index (Phi) is 6.50. The van der Waals surface area contributed by atoms with Crippen molar-refractivity contribution in [3.8, 4) is 22.5 Å². The van der Waals surface area contributed by atoms with E-state index < -0.39 is 0 Å². The van der Waals surface area contributed by atoms with E-state index in [-0.39, 0.29) is 5.69 Å². The Morgan fingerprint density at radius 1 is 1.03 bits per heavy atom. The molecule has 2 aromatic carbocycles. The predicted octanol–water partition coefficient (Wildman–Crippen LogP) is 3.94. The number of allylic oxidation sites excluding steroid dienone is 3. The number of benzene rings is 2. The Hall–Kier alpha value is -4.07. The molecule has 0 aliphatic carbocycles. The Bertz CT molecular complexity index is 1280. The van der Waals surface area contributed by atoms with Gasteiger partial charge in [-0.15, -0.1) is 15.3 Å². The molecule has 0 aliphatic heterocycles. The molecule has 2 aromatic heterocycles. The van der Waals surface area contributed by atoms with E-state index in [0.29, 0.717) is 24.7 Å². The van der Waals surface area contributed by atoms with Gasteiger partial charge in [0, 0.05) is 5.56 Å². The molecule has 8 heteroatoms. The highest BCUT2D eigenvalue weighted by Gasteiger charge is 2.11. The third-order valence-electron chi connectivity index (χ3n) is 5.06. The first-order valence-corrected chi connectivity index (χ1v) is 10.6. The van der Waals surface area contributed by atoms with Crippen LogP contribution in [-0.4, -0.2) is 35.0 Å². The van der Waals surface area contributed by atoms with Gasteiger partial charge in [0.05, 0.1) is 13.1 Å². The van der Waals surface area contributed by atoms with Gasteiger partial charge < -0.3 is 0 Å². The van der Waals surface area contributed by atoms with Crippen molar-refractivity contribution < 1.29 is 0 Å². The second-order valence-corrected chi connectivity index (χ2v) is 7.30. The van der Waals surface area contributed by atoms with E-state index in [9.17, 15) is 4.79 Å². The van der Waals surface area contributed by atoms with Crippen molar-refractivity contribution in [3.05, 3.63) is 88.6 Å². The fraction of sp³-hybridized carbons (Fsp3) is 0.208. The molecule has 0 fully saturated rings. The monoisotopic (exact) mass is 427 g/mol. The van der Waals surface area contributed by atoms with E-state index >= 15 is 0 Å². The number of tetrazole rings is 1. The maximum absolute atomic E-state index is 12.9. The number of rotatable bonds is 8. The SMILES string of the molecule is CC=CCn1nc(C=CCC)n(Cc2ccc(-c3cccc(-c4nn[nH]n4)c3)cc2)c1=O. The lowest BCUT2D eigenvalue weighted by Gasteiger charge is -2.07. The van der Waals surface area contributed by atoms with Gasteiger partial charge in [-0.1, -0.05) is 67.6 Å². The summed E-state index contributed by atoms with van der Waals surface area (Å²) >= 11 is 0. The van der Waals surface area contributed by atoms with E-state index in [1.165, 1.54) is 4.68 Å². The average Bonchev–Trinajstić information content (AvgIpc) is 3.46. The first-order valence-electron chi connectivity index (χ1n) is 10.6. The van der Waals surface area contributed by atoms with Gasteiger partial charge in [0.2, 0.25) is 5.82 Å². The molecule has 4 rings (SSSR count). The normalized spacial score (nSPS) is 11.7. The van der Waals surface area contributed by atoms with Gasteiger partial charge in [-0.25, -0.2) is 9.48 Å². The summed E-state index contributed by atoms with van der Waals surface area (Å²) in [6.07, 6.45) is 8.64. The Balaban J connectivity index is 1.59. The van der Waals surface area contributed by atoms with E-state index in [1.807, 2.05) is 67.6 Å². The molecule has 162 valence electrons. The lowest BCUT2D eigenvalue weighted by molar-refractivity contribution is 0.647. The van der Waals surface area contributed by atoms with E-state index in [0.717, 1.165) is 28.7 Å². The summed E-state index contributed by atoms with van der Waals surface area (Å²) < 4.78 is 3.20. The van der Waals surface area contributed by atoms with Crippen LogP contribution in [0, 0.1) is 0 Å². The molecule has 32 heavy (non-hydrogen) atoms. The Morgan fingerprint density at radius 2 is 1.84 bits per heavy atom. The quantitative estimate of drug-likeness (QED) is 0.430. The molecule has 0 bridgehead atoms. The number of H-pyrrole nitrogens is 1. The highest BCUT2D eigenvalue weighted by Crippen LogP contribution is 2.24. The van der Waals surface area contributed by atoms with Crippen LogP contribution in [0.15, 0.2) is 71.6 Å².